The highest BCUT2D eigenvalue weighted by atomic mass is 32.2. The van der Waals surface area contributed by atoms with Crippen molar-refractivity contribution < 1.29 is 23.2 Å². The number of hydrogen-bond acceptors (Lipinski definition) is 6. The molecule has 0 rings (SSSR count). The monoisotopic (exact) mass is 453 g/mol. The highest BCUT2D eigenvalue weighted by Gasteiger charge is 2.31. The summed E-state index contributed by atoms with van der Waals surface area (Å²) in [6.07, 6.45) is 2.34. The predicted molar refractivity (Wildman–Crippen MR) is 122 cm³/mol. The molecule has 0 radical (unpaired) electrons. The molecule has 166 valence electrons. The van der Waals surface area contributed by atoms with Crippen LogP contribution in [0, 0.1) is 5.92 Å². The Kier molecular flexibility index (Phi) is 15.6. The minimum absolute atomic E-state index is 0.0326. The molecule has 0 spiro atoms. The largest absolute Gasteiger partial charge is 0.356 e. The summed E-state index contributed by atoms with van der Waals surface area (Å²) in [4.78, 5) is 23.7. The number of carbonyl (C=O) groups is 2. The number of hydrogen-bond donors (Lipinski definition) is 1. The second-order valence-corrected chi connectivity index (χ2v) is 14.4. The molecule has 0 saturated heterocycles. The number of nitrogens with one attached hydrogen (secondary N) is 1. The fourth-order valence-corrected chi connectivity index (χ4v) is 7.62. The molecule has 0 aliphatic carbocycles. The highest BCUT2D eigenvalue weighted by molar-refractivity contribution is 8.00. The summed E-state index contributed by atoms with van der Waals surface area (Å²) in [5.41, 5.74) is 0. The molecule has 0 aromatic heterocycles. The lowest BCUT2D eigenvalue weighted by Crippen LogP contribution is -2.32. The van der Waals surface area contributed by atoms with Gasteiger partial charge in [0.2, 0.25) is 5.91 Å². The lowest BCUT2D eigenvalue weighted by atomic mass is 10.1. The van der Waals surface area contributed by atoms with Gasteiger partial charge in [-0.15, -0.1) is 0 Å². The summed E-state index contributed by atoms with van der Waals surface area (Å²) in [6.45, 7) is 13.0. The number of ketones is 1. The van der Waals surface area contributed by atoms with Crippen LogP contribution < -0.4 is 5.32 Å². The van der Waals surface area contributed by atoms with Gasteiger partial charge in [0.1, 0.15) is 5.78 Å². The van der Waals surface area contributed by atoms with Gasteiger partial charge < -0.3 is 14.4 Å². The van der Waals surface area contributed by atoms with Crippen molar-refractivity contribution in [1.29, 1.82) is 0 Å². The fourth-order valence-electron chi connectivity index (χ4n) is 2.75. The van der Waals surface area contributed by atoms with E-state index in [2.05, 4.69) is 18.4 Å². The van der Waals surface area contributed by atoms with Gasteiger partial charge in [-0.1, -0.05) is 26.1 Å². The zero-order valence-corrected chi connectivity index (χ0v) is 21.4. The maximum absolute atomic E-state index is 12.9. The van der Waals surface area contributed by atoms with Gasteiger partial charge in [-0.25, -0.2) is 0 Å². The van der Waals surface area contributed by atoms with Crippen LogP contribution in [-0.2, 0) is 23.2 Å². The maximum Gasteiger partial charge on any atom is 0.331 e. The summed E-state index contributed by atoms with van der Waals surface area (Å²) >= 11 is 1.58. The van der Waals surface area contributed by atoms with E-state index in [1.165, 1.54) is 6.04 Å². The van der Waals surface area contributed by atoms with Crippen LogP contribution in [0.5, 0.6) is 0 Å². The van der Waals surface area contributed by atoms with Crippen LogP contribution in [0.3, 0.4) is 0 Å². The van der Waals surface area contributed by atoms with E-state index in [4.69, 9.17) is 9.05 Å². The Morgan fingerprint density at radius 1 is 1.18 bits per heavy atom. The Balaban J connectivity index is 4.82. The third-order valence-electron chi connectivity index (χ3n) is 4.21. The van der Waals surface area contributed by atoms with Crippen molar-refractivity contribution in [3.8, 4) is 0 Å². The van der Waals surface area contributed by atoms with Crippen molar-refractivity contribution in [1.82, 2.24) is 5.32 Å². The van der Waals surface area contributed by atoms with E-state index in [-0.39, 0.29) is 29.0 Å². The third kappa shape index (κ3) is 13.9. The number of Topliss-reactive ketones (excluding diaryl/α,β-unsaturated/α-hetero) is 1. The van der Waals surface area contributed by atoms with Gasteiger partial charge in [0.15, 0.2) is 0 Å². The van der Waals surface area contributed by atoms with Gasteiger partial charge in [0.25, 0.3) is 0 Å². The molecule has 0 heterocycles. The second-order valence-electron chi connectivity index (χ2n) is 7.54. The van der Waals surface area contributed by atoms with Crippen molar-refractivity contribution in [2.45, 2.75) is 71.3 Å². The van der Waals surface area contributed by atoms with E-state index >= 15 is 0 Å². The molecular weight excluding hydrogens is 413 g/mol. The number of thioether (sulfide) groups is 1. The molecule has 0 bridgehead atoms. The van der Waals surface area contributed by atoms with Gasteiger partial charge >= 0.3 is 7.60 Å². The van der Waals surface area contributed by atoms with Crippen LogP contribution in [0.2, 0.25) is 19.1 Å². The standard InChI is InChI=1S/C19H40NO5PSSi/c1-7-24-26(23,25-8-2)15-18(27-12-10-17(4)21)14-16(3)19(22)20-11-9-13-28(5)6/h16,18,28H,7-15H2,1-6H3,(H,20,22). The van der Waals surface area contributed by atoms with Gasteiger partial charge in [-0.05, 0) is 33.6 Å². The molecule has 0 saturated carbocycles. The predicted octanol–water partition coefficient (Wildman–Crippen LogP) is 4.35. The smallest absolute Gasteiger partial charge is 0.331 e. The Bertz CT molecular complexity index is 497. The molecule has 0 aromatic rings. The Morgan fingerprint density at radius 3 is 2.29 bits per heavy atom. The van der Waals surface area contributed by atoms with Gasteiger partial charge in [-0.2, -0.15) is 11.8 Å². The van der Waals surface area contributed by atoms with E-state index in [0.717, 1.165) is 6.42 Å². The summed E-state index contributed by atoms with van der Waals surface area (Å²) in [7, 11) is -3.78. The zero-order chi connectivity index (χ0) is 21.6. The van der Waals surface area contributed by atoms with Crippen LogP contribution in [-0.4, -0.2) is 57.4 Å². The molecule has 0 fully saturated rings. The SMILES string of the molecule is CCOP(=O)(CC(CC(C)C(=O)NCCC[SiH](C)C)SCCC(C)=O)OCC. The minimum Gasteiger partial charge on any atom is -0.356 e. The average Bonchev–Trinajstić information content (AvgIpc) is 2.58. The Morgan fingerprint density at radius 2 is 1.79 bits per heavy atom. The van der Waals surface area contributed by atoms with Crippen LogP contribution in [0.25, 0.3) is 0 Å². The first kappa shape index (κ1) is 27.9. The van der Waals surface area contributed by atoms with Gasteiger partial charge in [0.05, 0.1) is 19.4 Å². The van der Waals surface area contributed by atoms with Crippen molar-refractivity contribution >= 4 is 39.8 Å². The van der Waals surface area contributed by atoms with Crippen LogP contribution in [0.15, 0.2) is 0 Å². The lowest BCUT2D eigenvalue weighted by Gasteiger charge is -2.25. The van der Waals surface area contributed by atoms with E-state index < -0.39 is 16.4 Å². The molecule has 1 N–H and O–H groups in total. The topological polar surface area (TPSA) is 81.7 Å². The highest BCUT2D eigenvalue weighted by Crippen LogP contribution is 2.50. The van der Waals surface area contributed by atoms with E-state index in [1.54, 1.807) is 32.5 Å². The number of carbonyl (C=O) groups excluding carboxylic acids is 2. The van der Waals surface area contributed by atoms with Crippen molar-refractivity contribution in [2.24, 2.45) is 5.92 Å². The summed E-state index contributed by atoms with van der Waals surface area (Å²) in [6, 6.07) is 1.23. The van der Waals surface area contributed by atoms with Crippen LogP contribution in [0.1, 0.15) is 47.0 Å². The van der Waals surface area contributed by atoms with E-state index in [1.807, 2.05) is 6.92 Å². The molecule has 9 heteroatoms. The summed E-state index contributed by atoms with van der Waals surface area (Å²) in [5, 5.41) is 2.96. The van der Waals surface area contributed by atoms with Gasteiger partial charge in [0, 0.05) is 38.7 Å². The second kappa shape index (κ2) is 15.7. The van der Waals surface area contributed by atoms with Crippen molar-refractivity contribution in [2.75, 3.05) is 31.7 Å². The van der Waals surface area contributed by atoms with Crippen LogP contribution in [0.4, 0.5) is 0 Å². The van der Waals surface area contributed by atoms with Gasteiger partial charge in [-0.3, -0.25) is 14.2 Å². The maximum atomic E-state index is 12.9. The molecule has 0 aliphatic rings. The van der Waals surface area contributed by atoms with Crippen molar-refractivity contribution in [3.05, 3.63) is 0 Å². The molecule has 0 aromatic carbocycles. The quantitative estimate of drug-likeness (QED) is 0.200. The molecule has 28 heavy (non-hydrogen) atoms. The first-order valence-electron chi connectivity index (χ1n) is 10.4. The molecule has 2 unspecified atom stereocenters. The summed E-state index contributed by atoms with van der Waals surface area (Å²) < 4.78 is 23.8. The fraction of sp³-hybridized carbons (Fsp3) is 0.895. The normalized spacial score (nSPS) is 14.1. The molecular formula is C19H40NO5PSSi. The molecule has 0 aliphatic heterocycles. The average molecular weight is 454 g/mol. The molecule has 6 nitrogen and oxygen atoms in total. The minimum atomic E-state index is -3.20. The first-order valence-corrected chi connectivity index (χ1v) is 16.3. The lowest BCUT2D eigenvalue weighted by molar-refractivity contribution is -0.124. The van der Waals surface area contributed by atoms with Crippen LogP contribution >= 0.6 is 19.4 Å². The number of amides is 1. The molecule has 2 atom stereocenters. The van der Waals surface area contributed by atoms with E-state index in [0.29, 0.717) is 38.4 Å². The van der Waals surface area contributed by atoms with E-state index in [9.17, 15) is 14.2 Å². The Labute approximate surface area is 177 Å². The Hall–Kier alpha value is -0.143. The summed E-state index contributed by atoms with van der Waals surface area (Å²) in [5.74, 6) is 0.614. The number of rotatable bonds is 17. The zero-order valence-electron chi connectivity index (χ0n) is 18.5. The molecule has 1 amide bonds. The first-order chi connectivity index (χ1) is 13.1. The van der Waals surface area contributed by atoms with Crippen molar-refractivity contribution in [3.63, 3.8) is 0 Å². The third-order valence-corrected chi connectivity index (χ3v) is 9.48.